The first-order valence-corrected chi connectivity index (χ1v) is 10.3. The van der Waals surface area contributed by atoms with Crippen molar-refractivity contribution in [2.45, 2.75) is 12.9 Å². The van der Waals surface area contributed by atoms with Gasteiger partial charge in [0.1, 0.15) is 18.2 Å². The van der Waals surface area contributed by atoms with Crippen LogP contribution >= 0.6 is 0 Å². The largest absolute Gasteiger partial charge is 0.417 e. The number of pyridine rings is 4. The molecular weight excluding hydrogens is 468 g/mol. The summed E-state index contributed by atoms with van der Waals surface area (Å²) in [7, 11) is 0. The number of aromatic nitrogens is 4. The molecule has 0 fully saturated rings. The lowest BCUT2D eigenvalue weighted by Gasteiger charge is -2.12. The van der Waals surface area contributed by atoms with E-state index in [0.717, 1.165) is 12.3 Å². The summed E-state index contributed by atoms with van der Waals surface area (Å²) in [6.45, 7) is -1.03. The van der Waals surface area contributed by atoms with Crippen LogP contribution < -0.4 is 10.6 Å². The van der Waals surface area contributed by atoms with Crippen molar-refractivity contribution in [3.8, 4) is 11.4 Å². The summed E-state index contributed by atoms with van der Waals surface area (Å²) >= 11 is 0. The summed E-state index contributed by atoms with van der Waals surface area (Å²) in [6, 6.07) is 9.78. The number of hydrogen-bond acceptors (Lipinski definition) is 7. The van der Waals surface area contributed by atoms with Gasteiger partial charge in [-0.3, -0.25) is 4.79 Å². The maximum Gasteiger partial charge on any atom is 0.417 e. The molecule has 0 aliphatic rings. The highest BCUT2D eigenvalue weighted by Gasteiger charge is 2.30. The number of alkyl halides is 4. The number of hydrogen-bond donors (Lipinski definition) is 3. The van der Waals surface area contributed by atoms with E-state index in [1.165, 1.54) is 24.4 Å². The van der Waals surface area contributed by atoms with Crippen molar-refractivity contribution in [1.29, 1.82) is 0 Å². The zero-order chi connectivity index (χ0) is 25.0. The standard InChI is InChI=1S/C23H18F4N6O2/c24-11-13-1-4-18(22(35)29-9-10-34)32-20(13)17-5-3-15-16(7-8-28-21(15)33-17)31-19-6-2-14(12-30-19)23(25,26)27/h1-8,12,34H,9-11H2,(H,29,35)(H,28,30,31,33). The second-order valence-corrected chi connectivity index (χ2v) is 7.30. The number of carbonyl (C=O) groups is 1. The van der Waals surface area contributed by atoms with E-state index >= 15 is 0 Å². The van der Waals surface area contributed by atoms with E-state index in [0.29, 0.717) is 11.1 Å². The molecule has 1 amide bonds. The van der Waals surface area contributed by atoms with Crippen LogP contribution in [-0.2, 0) is 12.9 Å². The van der Waals surface area contributed by atoms with Gasteiger partial charge in [0.15, 0.2) is 5.65 Å². The molecule has 4 rings (SSSR count). The second kappa shape index (κ2) is 9.97. The highest BCUT2D eigenvalue weighted by molar-refractivity contribution is 5.94. The SMILES string of the molecule is O=C(NCCO)c1ccc(CF)c(-c2ccc3c(Nc4ccc(C(F)(F)F)cn4)ccnc3n2)n1. The molecule has 0 atom stereocenters. The molecule has 0 aliphatic heterocycles. The number of nitrogens with one attached hydrogen (secondary N) is 2. The van der Waals surface area contributed by atoms with Crippen molar-refractivity contribution in [2.75, 3.05) is 18.5 Å². The first kappa shape index (κ1) is 24.0. The van der Waals surface area contributed by atoms with Gasteiger partial charge in [-0.1, -0.05) is 6.07 Å². The molecule has 0 bridgehead atoms. The Morgan fingerprint density at radius 1 is 1.00 bits per heavy atom. The van der Waals surface area contributed by atoms with Crippen LogP contribution in [0.4, 0.5) is 29.1 Å². The maximum absolute atomic E-state index is 13.6. The van der Waals surface area contributed by atoms with Crippen LogP contribution in [0, 0.1) is 0 Å². The minimum Gasteiger partial charge on any atom is -0.395 e. The van der Waals surface area contributed by atoms with E-state index in [9.17, 15) is 22.4 Å². The minimum atomic E-state index is -4.49. The Labute approximate surface area is 196 Å². The number of aliphatic hydroxyl groups excluding tert-OH is 1. The fraction of sp³-hybridized carbons (Fsp3) is 0.174. The van der Waals surface area contributed by atoms with Gasteiger partial charge in [-0.2, -0.15) is 13.2 Å². The van der Waals surface area contributed by atoms with Gasteiger partial charge in [-0.25, -0.2) is 24.3 Å². The van der Waals surface area contributed by atoms with Crippen molar-refractivity contribution >= 4 is 28.4 Å². The molecule has 0 aromatic carbocycles. The molecule has 0 unspecified atom stereocenters. The Morgan fingerprint density at radius 3 is 2.51 bits per heavy atom. The third kappa shape index (κ3) is 5.32. The topological polar surface area (TPSA) is 113 Å². The lowest BCUT2D eigenvalue weighted by Crippen LogP contribution is -2.27. The Balaban J connectivity index is 1.67. The fourth-order valence-electron chi connectivity index (χ4n) is 3.25. The van der Waals surface area contributed by atoms with E-state index in [-0.39, 0.29) is 47.3 Å². The van der Waals surface area contributed by atoms with E-state index in [1.54, 1.807) is 18.2 Å². The second-order valence-electron chi connectivity index (χ2n) is 7.30. The maximum atomic E-state index is 13.6. The monoisotopic (exact) mass is 486 g/mol. The van der Waals surface area contributed by atoms with Crippen molar-refractivity contribution in [3.05, 3.63) is 71.7 Å². The van der Waals surface area contributed by atoms with Gasteiger partial charge in [0.25, 0.3) is 5.91 Å². The number of aliphatic hydroxyl groups is 1. The first-order chi connectivity index (χ1) is 16.8. The first-order valence-electron chi connectivity index (χ1n) is 10.3. The fourth-order valence-corrected chi connectivity index (χ4v) is 3.25. The number of halogens is 4. The Kier molecular flexibility index (Phi) is 6.82. The molecule has 4 aromatic rings. The predicted octanol–water partition coefficient (Wildman–Crippen LogP) is 4.04. The summed E-state index contributed by atoms with van der Waals surface area (Å²) in [5, 5.41) is 14.8. The Bertz CT molecular complexity index is 1360. The van der Waals surface area contributed by atoms with Gasteiger partial charge < -0.3 is 15.7 Å². The predicted molar refractivity (Wildman–Crippen MR) is 120 cm³/mol. The van der Waals surface area contributed by atoms with Gasteiger partial charge in [0.2, 0.25) is 0 Å². The van der Waals surface area contributed by atoms with Crippen LogP contribution in [0.15, 0.2) is 54.9 Å². The lowest BCUT2D eigenvalue weighted by molar-refractivity contribution is -0.137. The quantitative estimate of drug-likeness (QED) is 0.338. The average molecular weight is 486 g/mol. The van der Waals surface area contributed by atoms with E-state index < -0.39 is 24.3 Å². The molecule has 0 saturated heterocycles. The Hall–Kier alpha value is -4.19. The van der Waals surface area contributed by atoms with Gasteiger partial charge in [0, 0.05) is 29.9 Å². The van der Waals surface area contributed by atoms with Crippen LogP contribution in [0.2, 0.25) is 0 Å². The lowest BCUT2D eigenvalue weighted by atomic mass is 10.1. The minimum absolute atomic E-state index is 0.0318. The molecule has 0 spiro atoms. The molecule has 12 heteroatoms. The molecule has 3 N–H and O–H groups in total. The van der Waals surface area contributed by atoms with Gasteiger partial charge in [-0.05, 0) is 36.4 Å². The summed E-state index contributed by atoms with van der Waals surface area (Å²) in [5.41, 5.74) is 0.591. The van der Waals surface area contributed by atoms with Gasteiger partial charge in [-0.15, -0.1) is 0 Å². The summed E-state index contributed by atoms with van der Waals surface area (Å²) in [5.74, 6) is -0.335. The smallest absolute Gasteiger partial charge is 0.395 e. The van der Waals surface area contributed by atoms with Gasteiger partial charge >= 0.3 is 6.18 Å². The van der Waals surface area contributed by atoms with E-state index in [4.69, 9.17) is 5.11 Å². The van der Waals surface area contributed by atoms with Crippen LogP contribution in [-0.4, -0.2) is 44.1 Å². The average Bonchev–Trinajstić information content (AvgIpc) is 2.86. The highest BCUT2D eigenvalue weighted by Crippen LogP contribution is 2.31. The van der Waals surface area contributed by atoms with Crippen molar-refractivity contribution in [1.82, 2.24) is 25.3 Å². The normalized spacial score (nSPS) is 11.5. The summed E-state index contributed by atoms with van der Waals surface area (Å²) in [4.78, 5) is 28.9. The molecule has 4 heterocycles. The molecular formula is C23H18F4N6O2. The zero-order valence-electron chi connectivity index (χ0n) is 18.0. The summed E-state index contributed by atoms with van der Waals surface area (Å²) < 4.78 is 51.9. The molecule has 180 valence electrons. The summed E-state index contributed by atoms with van der Waals surface area (Å²) in [6.07, 6.45) is -2.30. The molecule has 8 nitrogen and oxygen atoms in total. The number of anilines is 2. The van der Waals surface area contributed by atoms with Gasteiger partial charge in [0.05, 0.1) is 29.2 Å². The number of rotatable bonds is 7. The van der Waals surface area contributed by atoms with E-state index in [1.807, 2.05) is 0 Å². The zero-order valence-corrected chi connectivity index (χ0v) is 18.0. The Morgan fingerprint density at radius 2 is 1.83 bits per heavy atom. The number of carbonyl (C=O) groups excluding carboxylic acids is 1. The molecule has 0 aliphatic carbocycles. The molecule has 0 saturated carbocycles. The molecule has 4 aromatic heterocycles. The number of fused-ring (bicyclic) bond motifs is 1. The molecule has 35 heavy (non-hydrogen) atoms. The van der Waals surface area contributed by atoms with Crippen LogP contribution in [0.25, 0.3) is 22.4 Å². The number of nitrogens with zero attached hydrogens (tertiary/aromatic N) is 4. The van der Waals surface area contributed by atoms with Crippen molar-refractivity contribution < 1.29 is 27.5 Å². The van der Waals surface area contributed by atoms with Crippen LogP contribution in [0.3, 0.4) is 0 Å². The third-order valence-corrected chi connectivity index (χ3v) is 4.95. The number of amides is 1. The van der Waals surface area contributed by atoms with Crippen molar-refractivity contribution in [2.24, 2.45) is 0 Å². The highest BCUT2D eigenvalue weighted by atomic mass is 19.4. The van der Waals surface area contributed by atoms with Crippen LogP contribution in [0.5, 0.6) is 0 Å². The van der Waals surface area contributed by atoms with Crippen molar-refractivity contribution in [3.63, 3.8) is 0 Å². The van der Waals surface area contributed by atoms with Crippen LogP contribution in [0.1, 0.15) is 21.6 Å². The van der Waals surface area contributed by atoms with E-state index in [2.05, 4.69) is 30.6 Å². The third-order valence-electron chi connectivity index (χ3n) is 4.95. The molecule has 0 radical (unpaired) electrons.